The second-order valence-electron chi connectivity index (χ2n) is 6.76. The molecule has 5 nitrogen and oxygen atoms in total. The molecule has 5 rings (SSSR count). The lowest BCUT2D eigenvalue weighted by atomic mass is 10.1. The van der Waals surface area contributed by atoms with Crippen molar-refractivity contribution < 1.29 is 13.9 Å². The van der Waals surface area contributed by atoms with Gasteiger partial charge in [-0.3, -0.25) is 0 Å². The summed E-state index contributed by atoms with van der Waals surface area (Å²) < 4.78 is 12.5. The van der Waals surface area contributed by atoms with Crippen LogP contribution in [0.5, 0.6) is 5.95 Å². The van der Waals surface area contributed by atoms with Gasteiger partial charge in [0.25, 0.3) is 0 Å². The molecule has 0 amide bonds. The number of aromatic nitrogens is 2. The Kier molecular flexibility index (Phi) is 4.61. The molecule has 3 aromatic carbocycles. The summed E-state index contributed by atoms with van der Waals surface area (Å²) in [6, 6.07) is 24.4. The molecule has 0 N–H and O–H groups in total. The molecule has 0 aliphatic rings. The number of ether oxygens (including phenoxy) is 1. The first kappa shape index (κ1) is 18.3. The van der Waals surface area contributed by atoms with Crippen molar-refractivity contribution in [3.05, 3.63) is 90.0 Å². The zero-order valence-electron chi connectivity index (χ0n) is 16.0. The Morgan fingerprint density at radius 1 is 0.900 bits per heavy atom. The van der Waals surface area contributed by atoms with Crippen LogP contribution in [-0.4, -0.2) is 15.9 Å². The third kappa shape index (κ3) is 3.49. The van der Waals surface area contributed by atoms with E-state index in [1.54, 1.807) is 24.3 Å². The molecule has 0 saturated carbocycles. The zero-order valence-corrected chi connectivity index (χ0v) is 16.8. The Morgan fingerprint density at radius 2 is 1.63 bits per heavy atom. The number of benzene rings is 3. The molecule has 0 bridgehead atoms. The Labute approximate surface area is 176 Å². The maximum atomic E-state index is 12.6. The summed E-state index contributed by atoms with van der Waals surface area (Å²) in [6.45, 7) is 2.01. The summed E-state index contributed by atoms with van der Waals surface area (Å²) >= 11 is 1.47. The number of fused-ring (bicyclic) bond motifs is 1. The lowest BCUT2D eigenvalue weighted by molar-refractivity contribution is 0.0696. The zero-order chi connectivity index (χ0) is 20.5. The normalized spacial score (nSPS) is 11.0. The number of hydrogen-bond acceptors (Lipinski definition) is 6. The van der Waals surface area contributed by atoms with Gasteiger partial charge in [0.15, 0.2) is 10.7 Å². The van der Waals surface area contributed by atoms with E-state index < -0.39 is 5.97 Å². The van der Waals surface area contributed by atoms with Crippen LogP contribution in [-0.2, 0) is 0 Å². The highest BCUT2D eigenvalue weighted by atomic mass is 32.1. The van der Waals surface area contributed by atoms with Gasteiger partial charge in [0.1, 0.15) is 0 Å². The molecule has 0 aliphatic carbocycles. The minimum Gasteiger partial charge on any atom is -0.405 e. The highest BCUT2D eigenvalue weighted by Gasteiger charge is 2.24. The smallest absolute Gasteiger partial charge is 0.345 e. The fourth-order valence-electron chi connectivity index (χ4n) is 3.02. The number of oxazole rings is 1. The second kappa shape index (κ2) is 7.57. The van der Waals surface area contributed by atoms with Crippen LogP contribution in [0.1, 0.15) is 15.9 Å². The van der Waals surface area contributed by atoms with Gasteiger partial charge in [-0.15, -0.1) is 11.3 Å². The Bertz CT molecular complexity index is 1310. The Hall–Kier alpha value is -3.77. The topological polar surface area (TPSA) is 65.2 Å². The van der Waals surface area contributed by atoms with E-state index in [0.717, 1.165) is 21.3 Å². The van der Waals surface area contributed by atoms with Crippen molar-refractivity contribution in [2.24, 2.45) is 0 Å². The molecule has 0 aliphatic heterocycles. The number of para-hydroxylation sites is 1. The molecule has 0 spiro atoms. The highest BCUT2D eigenvalue weighted by molar-refractivity contribution is 7.21. The number of carbonyl (C=O) groups excluding carboxylic acids is 1. The van der Waals surface area contributed by atoms with Crippen LogP contribution >= 0.6 is 11.3 Å². The van der Waals surface area contributed by atoms with E-state index in [-0.39, 0.29) is 5.95 Å². The molecule has 0 fully saturated rings. The number of aryl methyl sites for hydroxylation is 1. The average molecular weight is 412 g/mol. The van der Waals surface area contributed by atoms with E-state index in [4.69, 9.17) is 9.15 Å². The van der Waals surface area contributed by atoms with Gasteiger partial charge < -0.3 is 9.15 Å². The van der Waals surface area contributed by atoms with Crippen LogP contribution in [0.2, 0.25) is 0 Å². The molecule has 0 unspecified atom stereocenters. The number of carbonyl (C=O) groups is 1. The minimum atomic E-state index is -0.510. The molecule has 2 aromatic heterocycles. The van der Waals surface area contributed by atoms with Crippen molar-refractivity contribution in [3.8, 4) is 28.1 Å². The van der Waals surface area contributed by atoms with Crippen molar-refractivity contribution >= 4 is 27.5 Å². The first-order chi connectivity index (χ1) is 14.7. The number of esters is 1. The fraction of sp³-hybridized carbons (Fsp3) is 0.0417. The second-order valence-corrected chi connectivity index (χ2v) is 7.79. The molecular weight excluding hydrogens is 396 g/mol. The van der Waals surface area contributed by atoms with Crippen molar-refractivity contribution in [2.45, 2.75) is 6.92 Å². The van der Waals surface area contributed by atoms with Gasteiger partial charge in [0.2, 0.25) is 5.89 Å². The molecular formula is C24H16N2O3S. The van der Waals surface area contributed by atoms with Crippen molar-refractivity contribution in [1.82, 2.24) is 9.97 Å². The van der Waals surface area contributed by atoms with Crippen LogP contribution in [0, 0.1) is 6.92 Å². The van der Waals surface area contributed by atoms with Crippen LogP contribution in [0.15, 0.2) is 83.3 Å². The summed E-state index contributed by atoms with van der Waals surface area (Å²) in [7, 11) is 0. The fourth-order valence-corrected chi connectivity index (χ4v) is 3.96. The first-order valence-corrected chi connectivity index (χ1v) is 10.2. The van der Waals surface area contributed by atoms with Crippen LogP contribution in [0.25, 0.3) is 32.4 Å². The molecule has 6 heteroatoms. The van der Waals surface area contributed by atoms with Crippen LogP contribution in [0.4, 0.5) is 0 Å². The highest BCUT2D eigenvalue weighted by Crippen LogP contribution is 2.38. The van der Waals surface area contributed by atoms with Crippen molar-refractivity contribution in [2.75, 3.05) is 0 Å². The summed E-state index contributed by atoms with van der Waals surface area (Å²) in [5.74, 6) is -0.0943. The largest absolute Gasteiger partial charge is 0.405 e. The number of hydrogen-bond donors (Lipinski definition) is 0. The molecule has 146 valence electrons. The molecule has 0 radical (unpaired) electrons. The van der Waals surface area contributed by atoms with E-state index >= 15 is 0 Å². The molecule has 0 atom stereocenters. The van der Waals surface area contributed by atoms with Gasteiger partial charge in [-0.1, -0.05) is 48.0 Å². The van der Waals surface area contributed by atoms with E-state index in [2.05, 4.69) is 9.97 Å². The van der Waals surface area contributed by atoms with E-state index in [0.29, 0.717) is 22.2 Å². The van der Waals surface area contributed by atoms with Gasteiger partial charge in [0, 0.05) is 5.56 Å². The number of rotatable bonds is 4. The minimum absolute atomic E-state index is 0.0403. The van der Waals surface area contributed by atoms with E-state index in [1.165, 1.54) is 11.3 Å². The maximum Gasteiger partial charge on any atom is 0.345 e. The van der Waals surface area contributed by atoms with Gasteiger partial charge in [0.05, 0.1) is 15.8 Å². The third-order valence-electron chi connectivity index (χ3n) is 4.59. The molecule has 30 heavy (non-hydrogen) atoms. The third-order valence-corrected chi connectivity index (χ3v) is 5.63. The van der Waals surface area contributed by atoms with Gasteiger partial charge >= 0.3 is 11.9 Å². The average Bonchev–Trinajstić information content (AvgIpc) is 3.39. The van der Waals surface area contributed by atoms with Crippen LogP contribution < -0.4 is 4.74 Å². The van der Waals surface area contributed by atoms with Crippen molar-refractivity contribution in [3.63, 3.8) is 0 Å². The lowest BCUT2D eigenvalue weighted by Gasteiger charge is -2.01. The Morgan fingerprint density at radius 3 is 2.40 bits per heavy atom. The van der Waals surface area contributed by atoms with Crippen LogP contribution in [0.3, 0.4) is 0 Å². The van der Waals surface area contributed by atoms with E-state index in [1.807, 2.05) is 61.5 Å². The Balaban J connectivity index is 1.59. The predicted molar refractivity (Wildman–Crippen MR) is 117 cm³/mol. The molecule has 2 heterocycles. The van der Waals surface area contributed by atoms with Crippen molar-refractivity contribution in [1.29, 1.82) is 0 Å². The summed E-state index contributed by atoms with van der Waals surface area (Å²) in [4.78, 5) is 21.9. The summed E-state index contributed by atoms with van der Waals surface area (Å²) in [5.41, 5.74) is 3.63. The maximum absolute atomic E-state index is 12.6. The van der Waals surface area contributed by atoms with Gasteiger partial charge in [-0.05, 0) is 43.3 Å². The standard InChI is InChI=1S/C24H16N2O3S/c1-15-11-13-16(14-12-15)21-26-20(22-25-18-9-5-6-10-19(18)30-22)24(28-21)29-23(27)17-7-3-2-4-8-17/h2-14H,1H3. The number of nitrogens with zero attached hydrogens (tertiary/aromatic N) is 2. The SMILES string of the molecule is Cc1ccc(-c2nc(-c3nc4ccccc4s3)c(OC(=O)c3ccccc3)o2)cc1. The van der Waals surface area contributed by atoms with Gasteiger partial charge in [-0.2, -0.15) is 0 Å². The quantitative estimate of drug-likeness (QED) is 0.331. The lowest BCUT2D eigenvalue weighted by Crippen LogP contribution is -2.08. The number of thiazole rings is 1. The summed E-state index contributed by atoms with van der Waals surface area (Å²) in [6.07, 6.45) is 0. The monoisotopic (exact) mass is 412 g/mol. The molecule has 5 aromatic rings. The summed E-state index contributed by atoms with van der Waals surface area (Å²) in [5, 5.41) is 0.633. The first-order valence-electron chi connectivity index (χ1n) is 9.38. The van der Waals surface area contributed by atoms with E-state index in [9.17, 15) is 4.79 Å². The molecule has 0 saturated heterocycles. The predicted octanol–water partition coefficient (Wildman–Crippen LogP) is 6.15. The van der Waals surface area contributed by atoms with Gasteiger partial charge in [-0.25, -0.2) is 14.8 Å².